The molecule has 0 N–H and O–H groups in total. The first-order valence-electron chi connectivity index (χ1n) is 4.55. The van der Waals surface area contributed by atoms with Gasteiger partial charge in [0, 0.05) is 12.6 Å². The van der Waals surface area contributed by atoms with E-state index in [1.165, 1.54) is 25.8 Å². The van der Waals surface area contributed by atoms with Gasteiger partial charge in [-0.1, -0.05) is 13.3 Å². The molecule has 0 saturated heterocycles. The van der Waals surface area contributed by atoms with E-state index in [0.717, 1.165) is 17.7 Å². The predicted octanol–water partition coefficient (Wildman–Crippen LogP) is 2.04. The first-order valence-corrected chi connectivity index (χ1v) is 5.18. The van der Waals surface area contributed by atoms with Crippen LogP contribution in [0, 0.1) is 5.92 Å². The Balaban J connectivity index is 2.13. The van der Waals surface area contributed by atoms with Gasteiger partial charge in [-0.2, -0.15) is 12.6 Å². The van der Waals surface area contributed by atoms with Crippen LogP contribution in [0.25, 0.3) is 0 Å². The highest BCUT2D eigenvalue weighted by Gasteiger charge is 2.22. The minimum absolute atomic E-state index is 0.740. The molecule has 0 aromatic heterocycles. The van der Waals surface area contributed by atoms with Gasteiger partial charge in [-0.05, 0) is 31.6 Å². The maximum Gasteiger partial charge on any atom is 0.00923 e. The molecule has 1 unspecified atom stereocenters. The van der Waals surface area contributed by atoms with E-state index >= 15 is 0 Å². The fourth-order valence-electron chi connectivity index (χ4n) is 1.53. The van der Waals surface area contributed by atoms with Gasteiger partial charge in [0.2, 0.25) is 0 Å². The second-order valence-corrected chi connectivity index (χ2v) is 4.18. The molecule has 0 aliphatic heterocycles. The van der Waals surface area contributed by atoms with Crippen LogP contribution in [0.2, 0.25) is 0 Å². The van der Waals surface area contributed by atoms with Gasteiger partial charge in [-0.15, -0.1) is 0 Å². The number of hydrogen-bond acceptors (Lipinski definition) is 2. The zero-order valence-electron chi connectivity index (χ0n) is 7.58. The topological polar surface area (TPSA) is 3.24 Å². The highest BCUT2D eigenvalue weighted by Crippen LogP contribution is 2.24. The summed E-state index contributed by atoms with van der Waals surface area (Å²) in [7, 11) is 2.24. The van der Waals surface area contributed by atoms with Gasteiger partial charge < -0.3 is 4.90 Å². The van der Waals surface area contributed by atoms with Crippen molar-refractivity contribution in [3.8, 4) is 0 Å². The summed E-state index contributed by atoms with van der Waals surface area (Å²) in [6.45, 7) is 3.48. The summed E-state index contributed by atoms with van der Waals surface area (Å²) in [5.74, 6) is 1.75. The maximum absolute atomic E-state index is 4.28. The minimum atomic E-state index is 0.740. The Morgan fingerprint density at radius 3 is 2.55 bits per heavy atom. The lowest BCUT2D eigenvalue weighted by atomic mass is 9.91. The Labute approximate surface area is 75.6 Å². The Kier molecular flexibility index (Phi) is 3.73. The molecule has 66 valence electrons. The average molecular weight is 173 g/mol. The summed E-state index contributed by atoms with van der Waals surface area (Å²) >= 11 is 4.28. The molecule has 1 atom stereocenters. The van der Waals surface area contributed by atoms with Crippen LogP contribution in [-0.4, -0.2) is 30.3 Å². The predicted molar refractivity (Wildman–Crippen MR) is 53.3 cm³/mol. The minimum Gasteiger partial charge on any atom is -0.303 e. The smallest absolute Gasteiger partial charge is 0.00923 e. The van der Waals surface area contributed by atoms with Gasteiger partial charge in [0.25, 0.3) is 0 Å². The fourth-order valence-corrected chi connectivity index (χ4v) is 1.64. The molecule has 1 rings (SSSR count). The largest absolute Gasteiger partial charge is 0.303 e. The third kappa shape index (κ3) is 2.68. The molecular formula is C9H19NS. The summed E-state index contributed by atoms with van der Waals surface area (Å²) in [4.78, 5) is 2.49. The van der Waals surface area contributed by atoms with Crippen molar-refractivity contribution in [2.45, 2.75) is 32.2 Å². The van der Waals surface area contributed by atoms with E-state index in [1.54, 1.807) is 0 Å². The Hall–Kier alpha value is 0.310. The maximum atomic E-state index is 4.28. The van der Waals surface area contributed by atoms with Crippen molar-refractivity contribution < 1.29 is 0 Å². The molecule has 0 spiro atoms. The van der Waals surface area contributed by atoms with Crippen molar-refractivity contribution in [1.29, 1.82) is 0 Å². The summed E-state index contributed by atoms with van der Waals surface area (Å²) in [6.07, 6.45) is 4.26. The molecule has 1 aliphatic carbocycles. The van der Waals surface area contributed by atoms with E-state index in [4.69, 9.17) is 0 Å². The van der Waals surface area contributed by atoms with Crippen LogP contribution in [0.15, 0.2) is 0 Å². The first kappa shape index (κ1) is 9.40. The zero-order valence-corrected chi connectivity index (χ0v) is 8.48. The normalized spacial score (nSPS) is 21.8. The van der Waals surface area contributed by atoms with Crippen LogP contribution in [0.3, 0.4) is 0 Å². The molecule has 2 heteroatoms. The van der Waals surface area contributed by atoms with Crippen molar-refractivity contribution in [1.82, 2.24) is 4.90 Å². The number of hydrogen-bond donors (Lipinski definition) is 1. The van der Waals surface area contributed by atoms with E-state index in [-0.39, 0.29) is 0 Å². The van der Waals surface area contributed by atoms with Gasteiger partial charge in [0.05, 0.1) is 0 Å². The lowest BCUT2D eigenvalue weighted by molar-refractivity contribution is 0.145. The number of nitrogens with zero attached hydrogens (tertiary/aromatic N) is 1. The Bertz CT molecular complexity index is 112. The van der Waals surface area contributed by atoms with Crippen LogP contribution < -0.4 is 0 Å². The molecule has 1 aliphatic rings. The van der Waals surface area contributed by atoms with Gasteiger partial charge in [-0.25, -0.2) is 0 Å². The molecule has 0 aromatic rings. The first-order chi connectivity index (χ1) is 5.24. The van der Waals surface area contributed by atoms with Crippen molar-refractivity contribution in [2.75, 3.05) is 19.3 Å². The molecule has 11 heavy (non-hydrogen) atoms. The second kappa shape index (κ2) is 4.36. The highest BCUT2D eigenvalue weighted by molar-refractivity contribution is 7.80. The van der Waals surface area contributed by atoms with Gasteiger partial charge in [-0.3, -0.25) is 0 Å². The zero-order chi connectivity index (χ0) is 8.27. The van der Waals surface area contributed by atoms with Crippen LogP contribution in [0.5, 0.6) is 0 Å². The van der Waals surface area contributed by atoms with E-state index in [1.807, 2.05) is 0 Å². The molecule has 0 bridgehead atoms. The average Bonchev–Trinajstić information content (AvgIpc) is 1.83. The van der Waals surface area contributed by atoms with E-state index in [0.29, 0.717) is 0 Å². The quantitative estimate of drug-likeness (QED) is 0.637. The standard InChI is InChI=1S/C9H19NS/c1-8(7-11)6-10(2)9-4-3-5-9/h8-9,11H,3-7H2,1-2H3. The molecular weight excluding hydrogens is 154 g/mol. The van der Waals surface area contributed by atoms with E-state index < -0.39 is 0 Å². The molecule has 1 nitrogen and oxygen atoms in total. The van der Waals surface area contributed by atoms with Gasteiger partial charge >= 0.3 is 0 Å². The van der Waals surface area contributed by atoms with Crippen molar-refractivity contribution >= 4 is 12.6 Å². The summed E-state index contributed by atoms with van der Waals surface area (Å²) in [6, 6.07) is 0.886. The SMILES string of the molecule is CC(CS)CN(C)C1CCC1. The molecule has 0 aromatic carbocycles. The van der Waals surface area contributed by atoms with E-state index in [2.05, 4.69) is 31.5 Å². The summed E-state index contributed by atoms with van der Waals surface area (Å²) in [5.41, 5.74) is 0. The van der Waals surface area contributed by atoms with Crippen LogP contribution in [0.1, 0.15) is 26.2 Å². The van der Waals surface area contributed by atoms with Crippen LogP contribution in [0.4, 0.5) is 0 Å². The van der Waals surface area contributed by atoms with Crippen LogP contribution >= 0.6 is 12.6 Å². The van der Waals surface area contributed by atoms with Crippen molar-refractivity contribution in [3.63, 3.8) is 0 Å². The molecule has 1 saturated carbocycles. The lowest BCUT2D eigenvalue weighted by Crippen LogP contribution is -2.39. The molecule has 0 heterocycles. The molecule has 1 fully saturated rings. The third-order valence-electron chi connectivity index (χ3n) is 2.61. The summed E-state index contributed by atoms with van der Waals surface area (Å²) in [5, 5.41) is 0. The monoisotopic (exact) mass is 173 g/mol. The Morgan fingerprint density at radius 2 is 2.18 bits per heavy atom. The second-order valence-electron chi connectivity index (χ2n) is 3.81. The lowest BCUT2D eigenvalue weighted by Gasteiger charge is -2.36. The van der Waals surface area contributed by atoms with Crippen molar-refractivity contribution in [2.24, 2.45) is 5.92 Å². The van der Waals surface area contributed by atoms with Crippen LogP contribution in [-0.2, 0) is 0 Å². The Morgan fingerprint density at radius 1 is 1.55 bits per heavy atom. The number of rotatable bonds is 4. The van der Waals surface area contributed by atoms with E-state index in [9.17, 15) is 0 Å². The molecule has 0 radical (unpaired) electrons. The molecule has 0 amide bonds. The highest BCUT2D eigenvalue weighted by atomic mass is 32.1. The fraction of sp³-hybridized carbons (Fsp3) is 1.00. The third-order valence-corrected chi connectivity index (χ3v) is 3.23. The van der Waals surface area contributed by atoms with Gasteiger partial charge in [0.1, 0.15) is 0 Å². The van der Waals surface area contributed by atoms with Crippen molar-refractivity contribution in [3.05, 3.63) is 0 Å². The number of thiol groups is 1. The van der Waals surface area contributed by atoms with Gasteiger partial charge in [0.15, 0.2) is 0 Å². The summed E-state index contributed by atoms with van der Waals surface area (Å²) < 4.78 is 0.